The number of fused-ring (bicyclic) bond motifs is 1. The molecule has 4 rings (SSSR count). The number of rotatable bonds is 3. The average Bonchev–Trinajstić information content (AvgIpc) is 3.33. The lowest BCUT2D eigenvalue weighted by Crippen LogP contribution is -2.38. The van der Waals surface area contributed by atoms with Crippen molar-refractivity contribution >= 4 is 28.8 Å². The van der Waals surface area contributed by atoms with Gasteiger partial charge in [0.15, 0.2) is 0 Å². The molecule has 1 N–H and O–H groups in total. The van der Waals surface area contributed by atoms with Crippen molar-refractivity contribution in [2.75, 3.05) is 11.9 Å². The Bertz CT molecular complexity index is 806. The monoisotopic (exact) mass is 368 g/mol. The molecule has 1 atom stereocenters. The van der Waals surface area contributed by atoms with Crippen LogP contribution < -0.4 is 5.32 Å². The van der Waals surface area contributed by atoms with Gasteiger partial charge in [-0.05, 0) is 54.0 Å². The fraction of sp³-hybridized carbons (Fsp3) is 0.429. The van der Waals surface area contributed by atoms with Crippen LogP contribution in [0.1, 0.15) is 54.7 Å². The molecular weight excluding hydrogens is 344 g/mol. The first-order valence-electron chi connectivity index (χ1n) is 9.38. The van der Waals surface area contributed by atoms with E-state index < -0.39 is 0 Å². The van der Waals surface area contributed by atoms with E-state index in [-0.39, 0.29) is 23.8 Å². The molecule has 2 amide bonds. The second kappa shape index (κ2) is 7.23. The zero-order valence-corrected chi connectivity index (χ0v) is 15.8. The summed E-state index contributed by atoms with van der Waals surface area (Å²) in [5, 5.41) is 5.15. The average molecular weight is 369 g/mol. The largest absolute Gasteiger partial charge is 0.331 e. The molecule has 5 heteroatoms. The van der Waals surface area contributed by atoms with E-state index in [9.17, 15) is 9.59 Å². The topological polar surface area (TPSA) is 49.4 Å². The zero-order chi connectivity index (χ0) is 18.1. The maximum absolute atomic E-state index is 12.3. The second-order valence-corrected chi connectivity index (χ2v) is 8.26. The van der Waals surface area contributed by atoms with E-state index in [0.717, 1.165) is 49.9 Å². The number of thiophene rings is 1. The van der Waals surface area contributed by atoms with Gasteiger partial charge in [0, 0.05) is 30.0 Å². The number of carbonyl (C=O) groups excluding carboxylic acids is 2. The molecule has 0 radical (unpaired) electrons. The Morgan fingerprint density at radius 3 is 2.54 bits per heavy atom. The van der Waals surface area contributed by atoms with E-state index in [1.807, 2.05) is 29.2 Å². The van der Waals surface area contributed by atoms with Crippen LogP contribution in [0.3, 0.4) is 0 Å². The minimum Gasteiger partial charge on any atom is -0.331 e. The fourth-order valence-corrected chi connectivity index (χ4v) is 5.10. The van der Waals surface area contributed by atoms with Gasteiger partial charge in [-0.3, -0.25) is 9.59 Å². The molecule has 136 valence electrons. The molecule has 0 spiro atoms. The summed E-state index contributed by atoms with van der Waals surface area (Å²) in [6.07, 6.45) is 5.24. The first-order valence-corrected chi connectivity index (χ1v) is 10.3. The fourth-order valence-electron chi connectivity index (χ4n) is 4.20. The van der Waals surface area contributed by atoms with Gasteiger partial charge in [-0.2, -0.15) is 0 Å². The number of nitrogens with one attached hydrogen (secondary N) is 1. The molecule has 1 saturated carbocycles. The van der Waals surface area contributed by atoms with E-state index in [1.165, 1.54) is 10.4 Å². The highest BCUT2D eigenvalue weighted by Crippen LogP contribution is 2.38. The van der Waals surface area contributed by atoms with Gasteiger partial charge in [-0.15, -0.1) is 11.3 Å². The van der Waals surface area contributed by atoms with Crippen LogP contribution in [0.15, 0.2) is 35.7 Å². The van der Waals surface area contributed by atoms with Crippen molar-refractivity contribution in [3.8, 4) is 0 Å². The molecule has 26 heavy (non-hydrogen) atoms. The van der Waals surface area contributed by atoms with Gasteiger partial charge in [-0.25, -0.2) is 0 Å². The van der Waals surface area contributed by atoms with Crippen LogP contribution in [-0.4, -0.2) is 23.3 Å². The Kier molecular flexibility index (Phi) is 4.81. The third kappa shape index (κ3) is 3.28. The third-order valence-corrected chi connectivity index (χ3v) is 6.59. The normalized spacial score (nSPS) is 20.0. The molecule has 1 aromatic carbocycles. The Labute approximate surface area is 158 Å². The molecule has 1 aromatic heterocycles. The minimum absolute atomic E-state index is 0.0258. The van der Waals surface area contributed by atoms with Crippen LogP contribution in [-0.2, 0) is 16.0 Å². The Morgan fingerprint density at radius 1 is 1.12 bits per heavy atom. The van der Waals surface area contributed by atoms with Crippen molar-refractivity contribution in [1.82, 2.24) is 4.90 Å². The summed E-state index contributed by atoms with van der Waals surface area (Å²) in [7, 11) is 0. The molecule has 0 bridgehead atoms. The molecule has 2 heterocycles. The van der Waals surface area contributed by atoms with Crippen LogP contribution >= 0.6 is 11.3 Å². The van der Waals surface area contributed by atoms with E-state index in [0.29, 0.717) is 0 Å². The van der Waals surface area contributed by atoms with Crippen molar-refractivity contribution in [2.45, 2.75) is 45.1 Å². The maximum Gasteiger partial charge on any atom is 0.227 e. The quantitative estimate of drug-likeness (QED) is 0.874. The summed E-state index contributed by atoms with van der Waals surface area (Å²) in [6, 6.07) is 10.1. The molecule has 0 unspecified atom stereocenters. The number of nitrogens with zero attached hydrogens (tertiary/aromatic N) is 1. The van der Waals surface area contributed by atoms with Crippen molar-refractivity contribution in [2.24, 2.45) is 5.92 Å². The predicted molar refractivity (Wildman–Crippen MR) is 104 cm³/mol. The van der Waals surface area contributed by atoms with Gasteiger partial charge < -0.3 is 10.2 Å². The van der Waals surface area contributed by atoms with Gasteiger partial charge in [0.2, 0.25) is 11.8 Å². The molecular formula is C21H24N2O2S. The number of amides is 2. The predicted octanol–water partition coefficient (Wildman–Crippen LogP) is 4.37. The summed E-state index contributed by atoms with van der Waals surface area (Å²) in [5.41, 5.74) is 3.17. The van der Waals surface area contributed by atoms with E-state index in [1.54, 1.807) is 18.3 Å². The first-order chi connectivity index (χ1) is 12.6. The molecule has 1 aliphatic carbocycles. The number of anilines is 1. The van der Waals surface area contributed by atoms with Crippen LogP contribution in [0.2, 0.25) is 0 Å². The first kappa shape index (κ1) is 17.3. The van der Waals surface area contributed by atoms with Crippen LogP contribution in [0.4, 0.5) is 5.69 Å². The second-order valence-electron chi connectivity index (χ2n) is 7.26. The summed E-state index contributed by atoms with van der Waals surface area (Å²) < 4.78 is 0. The highest BCUT2D eigenvalue weighted by atomic mass is 32.1. The standard InChI is InChI=1S/C21H24N2O2S/c1-14(24)23-12-10-19-18(11-13-26-19)20(23)15-6-8-17(9-7-15)22-21(25)16-4-2-3-5-16/h6-9,11,13,16,20H,2-5,10,12H2,1H3,(H,22,25)/t20-/m0/s1. The lowest BCUT2D eigenvalue weighted by Gasteiger charge is -2.35. The lowest BCUT2D eigenvalue weighted by molar-refractivity contribution is -0.130. The molecule has 0 saturated heterocycles. The van der Waals surface area contributed by atoms with Gasteiger partial charge in [0.1, 0.15) is 0 Å². The van der Waals surface area contributed by atoms with Crippen LogP contribution in [0, 0.1) is 5.92 Å². The van der Waals surface area contributed by atoms with Gasteiger partial charge in [0.25, 0.3) is 0 Å². The van der Waals surface area contributed by atoms with Gasteiger partial charge >= 0.3 is 0 Å². The van der Waals surface area contributed by atoms with E-state index >= 15 is 0 Å². The number of hydrogen-bond acceptors (Lipinski definition) is 3. The number of benzene rings is 1. The Morgan fingerprint density at radius 2 is 1.85 bits per heavy atom. The smallest absolute Gasteiger partial charge is 0.227 e. The Hall–Kier alpha value is -2.14. The SMILES string of the molecule is CC(=O)N1CCc2sccc2[C@@H]1c1ccc(NC(=O)C2CCCC2)cc1. The van der Waals surface area contributed by atoms with E-state index in [2.05, 4.69) is 16.8 Å². The van der Waals surface area contributed by atoms with Gasteiger partial charge in [0.05, 0.1) is 6.04 Å². The highest BCUT2D eigenvalue weighted by Gasteiger charge is 2.31. The molecule has 1 fully saturated rings. The van der Waals surface area contributed by atoms with Gasteiger partial charge in [-0.1, -0.05) is 25.0 Å². The van der Waals surface area contributed by atoms with Crippen molar-refractivity contribution in [3.05, 3.63) is 51.7 Å². The van der Waals surface area contributed by atoms with Crippen molar-refractivity contribution in [3.63, 3.8) is 0 Å². The summed E-state index contributed by atoms with van der Waals surface area (Å²) in [4.78, 5) is 27.8. The van der Waals surface area contributed by atoms with Crippen LogP contribution in [0.5, 0.6) is 0 Å². The van der Waals surface area contributed by atoms with Crippen LogP contribution in [0.25, 0.3) is 0 Å². The zero-order valence-electron chi connectivity index (χ0n) is 15.0. The minimum atomic E-state index is -0.0258. The maximum atomic E-state index is 12.3. The summed E-state index contributed by atoms with van der Waals surface area (Å²) >= 11 is 1.77. The van der Waals surface area contributed by atoms with Crippen molar-refractivity contribution < 1.29 is 9.59 Å². The van der Waals surface area contributed by atoms with Crippen molar-refractivity contribution in [1.29, 1.82) is 0 Å². The molecule has 4 nitrogen and oxygen atoms in total. The summed E-state index contributed by atoms with van der Waals surface area (Å²) in [5.74, 6) is 0.401. The third-order valence-electron chi connectivity index (χ3n) is 5.59. The highest BCUT2D eigenvalue weighted by molar-refractivity contribution is 7.10. The number of hydrogen-bond donors (Lipinski definition) is 1. The number of carbonyl (C=O) groups is 2. The molecule has 1 aliphatic heterocycles. The molecule has 2 aromatic rings. The lowest BCUT2D eigenvalue weighted by atomic mass is 9.93. The summed E-state index contributed by atoms with van der Waals surface area (Å²) in [6.45, 7) is 2.40. The van der Waals surface area contributed by atoms with E-state index in [4.69, 9.17) is 0 Å². The Balaban J connectivity index is 1.55. The molecule has 2 aliphatic rings.